The summed E-state index contributed by atoms with van der Waals surface area (Å²) in [5, 5.41) is 29.1. The summed E-state index contributed by atoms with van der Waals surface area (Å²) in [4.78, 5) is 33.1. The average Bonchev–Trinajstić information content (AvgIpc) is 3.17. The lowest BCUT2D eigenvalue weighted by Gasteiger charge is -2.31. The van der Waals surface area contributed by atoms with Gasteiger partial charge in [0.1, 0.15) is 29.7 Å². The Bertz CT molecular complexity index is 957. The van der Waals surface area contributed by atoms with Crippen LogP contribution < -0.4 is 16.0 Å². The number of carbonyl (C=O) groups is 2. The molecule has 3 rings (SSSR count). The number of aromatic amines is 1. The summed E-state index contributed by atoms with van der Waals surface area (Å²) in [7, 11) is 0. The number of piperidine rings is 1. The third kappa shape index (κ3) is 6.28. The number of pyridine rings is 1. The molecule has 4 unspecified atom stereocenters. The zero-order valence-electron chi connectivity index (χ0n) is 18.8. The van der Waals surface area contributed by atoms with Crippen molar-refractivity contribution in [2.24, 2.45) is 11.3 Å². The molecule has 0 radical (unpaired) electrons. The Balaban J connectivity index is 1.69. The van der Waals surface area contributed by atoms with Crippen LogP contribution in [0.25, 0.3) is 11.0 Å². The van der Waals surface area contributed by atoms with Crippen LogP contribution in [-0.4, -0.2) is 51.7 Å². The zero-order chi connectivity index (χ0) is 23.3. The molecule has 0 spiro atoms. The number of aliphatic hydroxyl groups is 1. The Morgan fingerprint density at radius 2 is 2.16 bits per heavy atom. The van der Waals surface area contributed by atoms with Crippen molar-refractivity contribution >= 4 is 22.8 Å². The molecule has 1 aliphatic heterocycles. The largest absolute Gasteiger partial charge is 0.378 e. The fourth-order valence-corrected chi connectivity index (χ4v) is 4.04. The Labute approximate surface area is 188 Å². The Morgan fingerprint density at radius 3 is 2.81 bits per heavy atom. The van der Waals surface area contributed by atoms with Crippen molar-refractivity contribution in [2.75, 3.05) is 6.54 Å². The first-order valence-electron chi connectivity index (χ1n) is 11.0. The number of H-pyrrole nitrogens is 1. The van der Waals surface area contributed by atoms with Crippen molar-refractivity contribution in [1.82, 2.24) is 25.9 Å². The number of amides is 2. The van der Waals surface area contributed by atoms with Gasteiger partial charge < -0.3 is 20.7 Å². The van der Waals surface area contributed by atoms with Crippen molar-refractivity contribution in [2.45, 2.75) is 64.8 Å². The predicted molar refractivity (Wildman–Crippen MR) is 120 cm³/mol. The van der Waals surface area contributed by atoms with E-state index in [0.717, 1.165) is 24.8 Å². The van der Waals surface area contributed by atoms with Crippen LogP contribution >= 0.6 is 0 Å². The topological polar surface area (TPSA) is 143 Å². The summed E-state index contributed by atoms with van der Waals surface area (Å²) in [6, 6.07) is 5.89. The van der Waals surface area contributed by atoms with Crippen LogP contribution in [0.3, 0.4) is 0 Å². The van der Waals surface area contributed by atoms with Crippen LogP contribution in [0.2, 0.25) is 0 Å². The molecule has 0 aliphatic carbocycles. The molecule has 3 heterocycles. The summed E-state index contributed by atoms with van der Waals surface area (Å²) in [5.41, 5.74) is 0.681. The highest BCUT2D eigenvalue weighted by molar-refractivity contribution is 5.99. The first-order chi connectivity index (χ1) is 15.2. The van der Waals surface area contributed by atoms with Crippen LogP contribution in [0.15, 0.2) is 24.4 Å². The second-order valence-corrected chi connectivity index (χ2v) is 9.64. The smallest absolute Gasteiger partial charge is 0.268 e. The molecule has 1 fully saturated rings. The van der Waals surface area contributed by atoms with E-state index in [1.54, 1.807) is 18.3 Å². The number of fused-ring (bicyclic) bond motifs is 1. The number of rotatable bonds is 7. The van der Waals surface area contributed by atoms with Gasteiger partial charge in [-0.25, -0.2) is 4.98 Å². The van der Waals surface area contributed by atoms with Gasteiger partial charge in [-0.15, -0.1) is 0 Å². The summed E-state index contributed by atoms with van der Waals surface area (Å²) < 4.78 is 0. The number of aromatic nitrogens is 2. The number of hydrogen-bond acceptors (Lipinski definition) is 6. The fraction of sp³-hybridized carbons (Fsp3) is 0.565. The maximum Gasteiger partial charge on any atom is 0.268 e. The van der Waals surface area contributed by atoms with Crippen LogP contribution in [0, 0.1) is 22.7 Å². The number of nitrogens with one attached hydrogen (secondary N) is 4. The molecule has 0 bridgehead atoms. The third-order valence-corrected chi connectivity index (χ3v) is 5.64. The summed E-state index contributed by atoms with van der Waals surface area (Å²) in [6.07, 6.45) is 3.40. The number of hydrogen-bond donors (Lipinski definition) is 5. The highest BCUT2D eigenvalue weighted by Crippen LogP contribution is 2.23. The zero-order valence-corrected chi connectivity index (χ0v) is 18.8. The van der Waals surface area contributed by atoms with Crippen molar-refractivity contribution in [3.63, 3.8) is 0 Å². The van der Waals surface area contributed by atoms with Gasteiger partial charge in [-0.3, -0.25) is 14.9 Å². The van der Waals surface area contributed by atoms with Crippen molar-refractivity contribution in [3.05, 3.63) is 30.1 Å². The van der Waals surface area contributed by atoms with E-state index in [9.17, 15) is 20.0 Å². The highest BCUT2D eigenvalue weighted by atomic mass is 16.3. The van der Waals surface area contributed by atoms with Gasteiger partial charge in [-0.1, -0.05) is 20.8 Å². The van der Waals surface area contributed by atoms with E-state index in [-0.39, 0.29) is 11.3 Å². The Kier molecular flexibility index (Phi) is 7.48. The van der Waals surface area contributed by atoms with Gasteiger partial charge in [-0.05, 0) is 55.8 Å². The quantitative estimate of drug-likeness (QED) is 0.444. The van der Waals surface area contributed by atoms with E-state index in [1.807, 2.05) is 26.8 Å². The van der Waals surface area contributed by atoms with Gasteiger partial charge >= 0.3 is 0 Å². The molecule has 9 nitrogen and oxygen atoms in total. The summed E-state index contributed by atoms with van der Waals surface area (Å²) in [5.74, 6) is -0.927. The molecule has 5 N–H and O–H groups in total. The molecule has 32 heavy (non-hydrogen) atoms. The molecular formula is C23H32N6O3. The number of carbonyl (C=O) groups excluding carboxylic acids is 2. The van der Waals surface area contributed by atoms with E-state index in [0.29, 0.717) is 24.2 Å². The first kappa shape index (κ1) is 23.7. The van der Waals surface area contributed by atoms with Gasteiger partial charge in [-0.2, -0.15) is 5.26 Å². The second kappa shape index (κ2) is 10.1. The van der Waals surface area contributed by atoms with Crippen LogP contribution in [0.5, 0.6) is 0 Å². The first-order valence-corrected chi connectivity index (χ1v) is 11.0. The molecule has 1 saturated heterocycles. The molecule has 2 amide bonds. The molecule has 0 aromatic carbocycles. The van der Waals surface area contributed by atoms with Gasteiger partial charge in [0, 0.05) is 17.5 Å². The molecule has 9 heteroatoms. The molecule has 4 atom stereocenters. The number of nitrogens with zero attached hydrogens (tertiary/aromatic N) is 2. The van der Waals surface area contributed by atoms with E-state index < -0.39 is 30.1 Å². The van der Waals surface area contributed by atoms with Gasteiger partial charge in [0.2, 0.25) is 5.91 Å². The van der Waals surface area contributed by atoms with Crippen molar-refractivity contribution < 1.29 is 14.7 Å². The molecule has 172 valence electrons. The minimum Gasteiger partial charge on any atom is -0.378 e. The number of aliphatic hydroxyl groups excluding tert-OH is 1. The fourth-order valence-electron chi connectivity index (χ4n) is 4.04. The maximum atomic E-state index is 13.1. The Morgan fingerprint density at radius 1 is 1.38 bits per heavy atom. The minimum absolute atomic E-state index is 0.108. The predicted octanol–water partition coefficient (Wildman–Crippen LogP) is 1.81. The van der Waals surface area contributed by atoms with Gasteiger partial charge in [0.25, 0.3) is 5.91 Å². The average molecular weight is 441 g/mol. The normalized spacial score (nSPS) is 20.8. The minimum atomic E-state index is -0.813. The van der Waals surface area contributed by atoms with Crippen molar-refractivity contribution in [3.8, 4) is 6.07 Å². The van der Waals surface area contributed by atoms with E-state index in [2.05, 4.69) is 32.0 Å². The van der Waals surface area contributed by atoms with Gasteiger partial charge in [0.15, 0.2) is 0 Å². The maximum absolute atomic E-state index is 13.1. The van der Waals surface area contributed by atoms with Crippen LogP contribution in [0.4, 0.5) is 0 Å². The summed E-state index contributed by atoms with van der Waals surface area (Å²) >= 11 is 0. The lowest BCUT2D eigenvalue weighted by atomic mass is 9.87. The van der Waals surface area contributed by atoms with E-state index >= 15 is 0 Å². The summed E-state index contributed by atoms with van der Waals surface area (Å²) in [6.45, 7) is 6.69. The molecular weight excluding hydrogens is 408 g/mol. The lowest BCUT2D eigenvalue weighted by Crippen LogP contribution is -2.52. The second-order valence-electron chi connectivity index (χ2n) is 9.64. The molecule has 0 saturated carbocycles. The standard InChI is InChI=1S/C23H32N6O3/c1-23(2,3)12-18(29-21(31)17-11-14-6-4-8-25-19(14)28-17)22(32)27-16(13-24)10-15-7-5-9-26-20(15)30/h4,6,8,11,15-16,18,20,26,30H,5,7,9-10,12H2,1-3H3,(H,25,28)(H,27,32)(H,29,31). The van der Waals surface area contributed by atoms with E-state index in [1.165, 1.54) is 0 Å². The highest BCUT2D eigenvalue weighted by Gasteiger charge is 2.31. The van der Waals surface area contributed by atoms with E-state index in [4.69, 9.17) is 0 Å². The SMILES string of the molecule is CC(C)(C)CC(NC(=O)c1cc2cccnc2[nH]1)C(=O)NC(C#N)CC1CCCNC1O. The monoisotopic (exact) mass is 440 g/mol. The molecule has 2 aromatic heterocycles. The Hall–Kier alpha value is -2.96. The van der Waals surface area contributed by atoms with Crippen LogP contribution in [-0.2, 0) is 4.79 Å². The van der Waals surface area contributed by atoms with Crippen molar-refractivity contribution in [1.29, 1.82) is 5.26 Å². The van der Waals surface area contributed by atoms with Gasteiger partial charge in [0.05, 0.1) is 6.07 Å². The lowest BCUT2D eigenvalue weighted by molar-refractivity contribution is -0.124. The molecule has 2 aromatic rings. The molecule has 1 aliphatic rings. The number of nitriles is 1. The third-order valence-electron chi connectivity index (χ3n) is 5.64. The van der Waals surface area contributed by atoms with Crippen LogP contribution in [0.1, 0.15) is 56.9 Å².